The van der Waals surface area contributed by atoms with E-state index in [2.05, 4.69) is 20.2 Å². The van der Waals surface area contributed by atoms with Crippen molar-refractivity contribution in [1.82, 2.24) is 20.2 Å². The van der Waals surface area contributed by atoms with Gasteiger partial charge in [0, 0.05) is 23.9 Å². The lowest BCUT2D eigenvalue weighted by Gasteiger charge is -2.06. The number of hydrogen-bond acceptors (Lipinski definition) is 5. The minimum absolute atomic E-state index is 0.0806. The van der Waals surface area contributed by atoms with Crippen molar-refractivity contribution in [3.8, 4) is 23.4 Å². The van der Waals surface area contributed by atoms with Gasteiger partial charge in [-0.25, -0.2) is 0 Å². The third-order valence-corrected chi connectivity index (χ3v) is 2.58. The van der Waals surface area contributed by atoms with E-state index < -0.39 is 11.9 Å². The van der Waals surface area contributed by atoms with E-state index in [0.717, 1.165) is 17.8 Å². The lowest BCUT2D eigenvalue weighted by atomic mass is 10.4. The highest BCUT2D eigenvalue weighted by atomic mass is 19.1. The maximum atomic E-state index is 13.4. The van der Waals surface area contributed by atoms with Crippen LogP contribution in [0.5, 0.6) is 23.4 Å². The largest absolute Gasteiger partial charge is 0.434 e. The summed E-state index contributed by atoms with van der Waals surface area (Å²) in [6.07, 6.45) is 0. The van der Waals surface area contributed by atoms with Crippen LogP contribution in [0.4, 0.5) is 8.78 Å². The van der Waals surface area contributed by atoms with E-state index in [1.807, 2.05) is 6.92 Å². The lowest BCUT2D eigenvalue weighted by Crippen LogP contribution is -1.96. The average molecular weight is 304 g/mol. The molecule has 0 bridgehead atoms. The fourth-order valence-electron chi connectivity index (χ4n) is 1.65. The van der Waals surface area contributed by atoms with Crippen LogP contribution in [0.3, 0.4) is 0 Å². The predicted molar refractivity (Wildman–Crippen MR) is 71.9 cm³/mol. The molecule has 0 saturated heterocycles. The number of aryl methyl sites for hydroxylation is 1. The van der Waals surface area contributed by atoms with Crippen LogP contribution in [0.1, 0.15) is 5.69 Å². The zero-order valence-electron chi connectivity index (χ0n) is 11.4. The first kappa shape index (κ1) is 13.9. The Kier molecular flexibility index (Phi) is 3.65. The van der Waals surface area contributed by atoms with Crippen molar-refractivity contribution in [3.05, 3.63) is 54.0 Å². The predicted octanol–water partition coefficient (Wildman–Crippen LogP) is 3.37. The van der Waals surface area contributed by atoms with Gasteiger partial charge in [-0.15, -0.1) is 5.10 Å². The first-order valence-electron chi connectivity index (χ1n) is 6.27. The Morgan fingerprint density at radius 3 is 2.41 bits per heavy atom. The van der Waals surface area contributed by atoms with Crippen molar-refractivity contribution in [1.29, 1.82) is 0 Å². The van der Waals surface area contributed by atoms with E-state index in [9.17, 15) is 8.78 Å². The van der Waals surface area contributed by atoms with Crippen LogP contribution >= 0.6 is 0 Å². The van der Waals surface area contributed by atoms with Gasteiger partial charge in [0.15, 0.2) is 5.75 Å². The van der Waals surface area contributed by atoms with Gasteiger partial charge in [0.2, 0.25) is 23.6 Å². The molecule has 3 aromatic heterocycles. The number of ether oxygens (including phenoxy) is 2. The molecule has 1 N–H and O–H groups in total. The quantitative estimate of drug-likeness (QED) is 0.748. The summed E-state index contributed by atoms with van der Waals surface area (Å²) in [5, 5.41) is 6.64. The summed E-state index contributed by atoms with van der Waals surface area (Å²) in [5.74, 6) is -1.57. The molecule has 0 atom stereocenters. The van der Waals surface area contributed by atoms with E-state index in [0.29, 0.717) is 5.88 Å². The lowest BCUT2D eigenvalue weighted by molar-refractivity contribution is 0.389. The smallest absolute Gasteiger partial charge is 0.258 e. The van der Waals surface area contributed by atoms with Crippen LogP contribution in [0.25, 0.3) is 0 Å². The second-order valence-corrected chi connectivity index (χ2v) is 4.33. The minimum atomic E-state index is -1.06. The average Bonchev–Trinajstić information content (AvgIpc) is 2.88. The van der Waals surface area contributed by atoms with Gasteiger partial charge in [-0.3, -0.25) is 5.10 Å². The first-order chi connectivity index (χ1) is 10.6. The number of hydrogen-bond donors (Lipinski definition) is 1. The second-order valence-electron chi connectivity index (χ2n) is 4.33. The van der Waals surface area contributed by atoms with Crippen molar-refractivity contribution in [2.75, 3.05) is 0 Å². The van der Waals surface area contributed by atoms with E-state index in [4.69, 9.17) is 9.47 Å². The van der Waals surface area contributed by atoms with Crippen LogP contribution in [0, 0.1) is 18.8 Å². The number of aromatic nitrogens is 4. The van der Waals surface area contributed by atoms with Crippen molar-refractivity contribution < 1.29 is 18.3 Å². The van der Waals surface area contributed by atoms with E-state index in [1.165, 1.54) is 6.07 Å². The molecule has 0 aliphatic rings. The van der Waals surface area contributed by atoms with Crippen molar-refractivity contribution in [3.63, 3.8) is 0 Å². The van der Waals surface area contributed by atoms with Crippen LogP contribution in [0.15, 0.2) is 36.4 Å². The van der Waals surface area contributed by atoms with Crippen LogP contribution < -0.4 is 9.47 Å². The maximum absolute atomic E-state index is 13.4. The molecule has 0 radical (unpaired) electrons. The third-order valence-electron chi connectivity index (χ3n) is 2.58. The molecule has 22 heavy (non-hydrogen) atoms. The molecule has 0 spiro atoms. The zero-order valence-corrected chi connectivity index (χ0v) is 11.4. The van der Waals surface area contributed by atoms with Crippen LogP contribution in [-0.2, 0) is 0 Å². The molecule has 112 valence electrons. The number of nitrogens with zero attached hydrogens (tertiary/aromatic N) is 3. The molecule has 3 aromatic rings. The van der Waals surface area contributed by atoms with E-state index in [-0.39, 0.29) is 17.5 Å². The number of rotatable bonds is 4. The molecule has 0 aliphatic carbocycles. The summed E-state index contributed by atoms with van der Waals surface area (Å²) in [6, 6.07) is 8.53. The molecule has 0 fully saturated rings. The van der Waals surface area contributed by atoms with Gasteiger partial charge < -0.3 is 9.47 Å². The normalized spacial score (nSPS) is 10.5. The number of H-pyrrole nitrogens is 1. The zero-order chi connectivity index (χ0) is 15.5. The minimum Gasteiger partial charge on any atom is -0.434 e. The van der Waals surface area contributed by atoms with Crippen molar-refractivity contribution >= 4 is 0 Å². The second kappa shape index (κ2) is 5.76. The summed E-state index contributed by atoms with van der Waals surface area (Å²) in [5.41, 5.74) is 0.835. The molecule has 0 amide bonds. The first-order valence-corrected chi connectivity index (χ1v) is 6.27. The summed E-state index contributed by atoms with van der Waals surface area (Å²) in [6.45, 7) is 1.83. The standard InChI is InChI=1S/C14H10F2N4O2/c1-8-7-13(20-19-8)22-12-4-2-3-11(18-12)21-9-5-6-10(15)17-14(9)16/h2-7H,1H3,(H,19,20). The van der Waals surface area contributed by atoms with Crippen molar-refractivity contribution in [2.24, 2.45) is 0 Å². The number of halogens is 2. The monoisotopic (exact) mass is 304 g/mol. The molecule has 0 aromatic carbocycles. The molecule has 6 nitrogen and oxygen atoms in total. The third kappa shape index (κ3) is 3.17. The number of nitrogens with one attached hydrogen (secondary N) is 1. The molecule has 3 rings (SSSR count). The Bertz CT molecular complexity index is 807. The summed E-state index contributed by atoms with van der Waals surface area (Å²) in [7, 11) is 0. The molecule has 8 heteroatoms. The Hall–Kier alpha value is -3.03. The Labute approximate surface area is 123 Å². The fourth-order valence-corrected chi connectivity index (χ4v) is 1.65. The molecular weight excluding hydrogens is 294 g/mol. The highest BCUT2D eigenvalue weighted by Crippen LogP contribution is 2.25. The highest BCUT2D eigenvalue weighted by Gasteiger charge is 2.10. The summed E-state index contributed by atoms with van der Waals surface area (Å²) >= 11 is 0. The van der Waals surface area contributed by atoms with E-state index in [1.54, 1.807) is 18.2 Å². The van der Waals surface area contributed by atoms with Crippen LogP contribution in [-0.4, -0.2) is 20.2 Å². The van der Waals surface area contributed by atoms with E-state index >= 15 is 0 Å². The molecular formula is C14H10F2N4O2. The Balaban J connectivity index is 1.78. The maximum Gasteiger partial charge on any atom is 0.258 e. The molecule has 0 saturated carbocycles. The molecule has 0 aliphatic heterocycles. The fraction of sp³-hybridized carbons (Fsp3) is 0.0714. The molecule has 0 unspecified atom stereocenters. The van der Waals surface area contributed by atoms with Gasteiger partial charge in [-0.2, -0.15) is 18.7 Å². The number of aromatic amines is 1. The van der Waals surface area contributed by atoms with Gasteiger partial charge in [0.05, 0.1) is 0 Å². The summed E-state index contributed by atoms with van der Waals surface area (Å²) < 4.78 is 36.8. The van der Waals surface area contributed by atoms with Crippen molar-refractivity contribution in [2.45, 2.75) is 6.92 Å². The Morgan fingerprint density at radius 1 is 0.955 bits per heavy atom. The number of pyridine rings is 2. The van der Waals surface area contributed by atoms with Gasteiger partial charge in [-0.05, 0) is 19.1 Å². The highest BCUT2D eigenvalue weighted by molar-refractivity contribution is 5.29. The molecule has 3 heterocycles. The topological polar surface area (TPSA) is 72.9 Å². The van der Waals surface area contributed by atoms with Gasteiger partial charge in [0.1, 0.15) is 0 Å². The van der Waals surface area contributed by atoms with Gasteiger partial charge in [-0.1, -0.05) is 6.07 Å². The summed E-state index contributed by atoms with van der Waals surface area (Å²) in [4.78, 5) is 7.08. The SMILES string of the molecule is Cc1cc(Oc2cccc(Oc3ccc(F)nc3F)n2)n[nH]1. The Morgan fingerprint density at radius 2 is 1.73 bits per heavy atom. The van der Waals surface area contributed by atoms with Gasteiger partial charge in [0.25, 0.3) is 5.95 Å². The van der Waals surface area contributed by atoms with Gasteiger partial charge >= 0.3 is 0 Å². The van der Waals surface area contributed by atoms with Crippen LogP contribution in [0.2, 0.25) is 0 Å².